The number of alkyl halides is 6. The third-order valence-corrected chi connectivity index (χ3v) is 6.87. The van der Waals surface area contributed by atoms with E-state index in [9.17, 15) is 31.1 Å². The van der Waals surface area contributed by atoms with Gasteiger partial charge in [-0.1, -0.05) is 0 Å². The number of hydrogen-bond acceptors (Lipinski definition) is 7. The molecular formula is C22H26F6N6O2S. The van der Waals surface area contributed by atoms with Crippen LogP contribution >= 0.6 is 11.7 Å². The summed E-state index contributed by atoms with van der Waals surface area (Å²) in [5.74, 6) is 1.57. The number of carbonyl (C=O) groups excluding carboxylic acids is 1. The maximum Gasteiger partial charge on any atom is 0.416 e. The van der Waals surface area contributed by atoms with Gasteiger partial charge < -0.3 is 25.2 Å². The van der Waals surface area contributed by atoms with E-state index in [1.54, 1.807) is 0 Å². The monoisotopic (exact) mass is 552 g/mol. The molecule has 1 aromatic heterocycles. The average molecular weight is 553 g/mol. The number of piperazine rings is 1. The summed E-state index contributed by atoms with van der Waals surface area (Å²) in [6, 6.07) is 0.194. The lowest BCUT2D eigenvalue weighted by molar-refractivity contribution is -0.143. The number of nitrogens with one attached hydrogen (secondary N) is 2. The first-order chi connectivity index (χ1) is 17.5. The normalized spacial score (nSPS) is 17.7. The molecule has 0 atom stereocenters. The Kier molecular flexibility index (Phi) is 8.31. The second kappa shape index (κ2) is 11.3. The minimum atomic E-state index is -5.00. The summed E-state index contributed by atoms with van der Waals surface area (Å²) < 4.78 is 92.9. The topological polar surface area (TPSA) is 82.6 Å². The second-order valence-corrected chi connectivity index (χ2v) is 9.45. The highest BCUT2D eigenvalue weighted by Gasteiger charge is 2.37. The zero-order chi connectivity index (χ0) is 26.6. The number of hydrogen-bond donors (Lipinski definition) is 2. The molecule has 2 aliphatic rings. The van der Waals surface area contributed by atoms with Gasteiger partial charge in [0.1, 0.15) is 0 Å². The highest BCUT2D eigenvalue weighted by molar-refractivity contribution is 6.99. The number of amides is 2. The Labute approximate surface area is 213 Å². The number of benzene rings is 1. The fourth-order valence-corrected chi connectivity index (χ4v) is 4.82. The third-order valence-electron chi connectivity index (χ3n) is 6.37. The lowest BCUT2D eigenvalue weighted by Crippen LogP contribution is -2.50. The highest BCUT2D eigenvalue weighted by Crippen LogP contribution is 2.37. The van der Waals surface area contributed by atoms with Gasteiger partial charge in [-0.2, -0.15) is 30.7 Å². The van der Waals surface area contributed by atoms with Crippen molar-refractivity contribution in [2.45, 2.75) is 31.6 Å². The van der Waals surface area contributed by atoms with E-state index in [0.29, 0.717) is 49.4 Å². The Morgan fingerprint density at radius 1 is 1.00 bits per heavy atom. The van der Waals surface area contributed by atoms with Gasteiger partial charge in [-0.05, 0) is 56.5 Å². The summed E-state index contributed by atoms with van der Waals surface area (Å²) in [7, 11) is 0. The van der Waals surface area contributed by atoms with Crippen molar-refractivity contribution < 1.29 is 35.9 Å². The van der Waals surface area contributed by atoms with Crippen molar-refractivity contribution in [1.29, 1.82) is 0 Å². The molecule has 0 unspecified atom stereocenters. The zero-order valence-corrected chi connectivity index (χ0v) is 20.5. The van der Waals surface area contributed by atoms with Crippen LogP contribution in [0.15, 0.2) is 18.2 Å². The third kappa shape index (κ3) is 7.15. The molecule has 2 saturated heterocycles. The average Bonchev–Trinajstić information content (AvgIpc) is 3.32. The molecule has 4 rings (SSSR count). The van der Waals surface area contributed by atoms with Crippen molar-refractivity contribution in [2.75, 3.05) is 56.1 Å². The number of aromatic nitrogens is 2. The number of ether oxygens (including phenoxy) is 1. The van der Waals surface area contributed by atoms with Gasteiger partial charge in [0.15, 0.2) is 0 Å². The number of anilines is 2. The summed E-state index contributed by atoms with van der Waals surface area (Å²) in [5, 5.41) is 5.49. The maximum absolute atomic E-state index is 13.1. The number of rotatable bonds is 6. The number of urea groups is 1. The minimum absolute atomic E-state index is 0.0162. The van der Waals surface area contributed by atoms with Crippen molar-refractivity contribution in [3.8, 4) is 5.88 Å². The van der Waals surface area contributed by atoms with Crippen molar-refractivity contribution >= 4 is 29.3 Å². The number of nitrogens with zero attached hydrogens (tertiary/aromatic N) is 4. The predicted molar refractivity (Wildman–Crippen MR) is 125 cm³/mol. The van der Waals surface area contributed by atoms with E-state index in [4.69, 9.17) is 4.74 Å². The molecule has 2 amide bonds. The van der Waals surface area contributed by atoms with Crippen LogP contribution in [-0.4, -0.2) is 65.6 Å². The Balaban J connectivity index is 1.32. The van der Waals surface area contributed by atoms with Gasteiger partial charge in [0, 0.05) is 31.9 Å². The molecule has 15 heteroatoms. The summed E-state index contributed by atoms with van der Waals surface area (Å²) in [4.78, 5) is 15.8. The van der Waals surface area contributed by atoms with Gasteiger partial charge in [0.25, 0.3) is 5.88 Å². The summed E-state index contributed by atoms with van der Waals surface area (Å²) in [6.45, 7) is 3.58. The molecule has 8 nitrogen and oxygen atoms in total. The molecule has 0 bridgehead atoms. The molecule has 2 aromatic rings. The van der Waals surface area contributed by atoms with E-state index in [-0.39, 0.29) is 19.2 Å². The van der Waals surface area contributed by atoms with Crippen molar-refractivity contribution in [1.82, 2.24) is 19.0 Å². The molecule has 0 spiro atoms. The van der Waals surface area contributed by atoms with Crippen LogP contribution in [0.3, 0.4) is 0 Å². The fraction of sp³-hybridized carbons (Fsp3) is 0.591. The lowest BCUT2D eigenvalue weighted by atomic mass is 9.95. The van der Waals surface area contributed by atoms with Crippen LogP contribution in [0.2, 0.25) is 0 Å². The van der Waals surface area contributed by atoms with Gasteiger partial charge in [0.2, 0.25) is 5.82 Å². The number of piperidine rings is 1. The standard InChI is InChI=1S/C22H26F6N6O2S/c23-21(24,25)15-11-16(22(26,27)28)13-17(12-15)30-20(35)34-8-6-33(7-9-34)18-19(32-37-31-18)36-10-3-14-1-4-29-5-2-14/h11-14,29H,1-10H2,(H,30,35). The Morgan fingerprint density at radius 2 is 1.62 bits per heavy atom. The van der Waals surface area contributed by atoms with Crippen LogP contribution in [0.25, 0.3) is 0 Å². The van der Waals surface area contributed by atoms with E-state index in [1.165, 1.54) is 4.90 Å². The van der Waals surface area contributed by atoms with Crippen molar-refractivity contribution in [3.63, 3.8) is 0 Å². The smallest absolute Gasteiger partial charge is 0.416 e. The van der Waals surface area contributed by atoms with Gasteiger partial charge in [-0.15, -0.1) is 4.37 Å². The van der Waals surface area contributed by atoms with Crippen molar-refractivity contribution in [3.05, 3.63) is 29.3 Å². The molecule has 2 aliphatic heterocycles. The van der Waals surface area contributed by atoms with E-state index >= 15 is 0 Å². The van der Waals surface area contributed by atoms with E-state index in [2.05, 4.69) is 19.4 Å². The number of carbonyl (C=O) groups is 1. The van der Waals surface area contributed by atoms with Gasteiger partial charge in [0.05, 0.1) is 29.5 Å². The second-order valence-electron chi connectivity index (χ2n) is 8.92. The quantitative estimate of drug-likeness (QED) is 0.506. The van der Waals surface area contributed by atoms with Gasteiger partial charge in [-0.25, -0.2) is 4.79 Å². The van der Waals surface area contributed by atoms with Crippen LogP contribution < -0.4 is 20.3 Å². The van der Waals surface area contributed by atoms with E-state index in [0.717, 1.165) is 44.1 Å². The Morgan fingerprint density at radius 3 is 2.22 bits per heavy atom. The molecule has 0 saturated carbocycles. The van der Waals surface area contributed by atoms with E-state index < -0.39 is 35.2 Å². The van der Waals surface area contributed by atoms with Crippen LogP contribution in [0.5, 0.6) is 5.88 Å². The van der Waals surface area contributed by atoms with E-state index in [1.807, 2.05) is 4.90 Å². The molecular weight excluding hydrogens is 526 g/mol. The largest absolute Gasteiger partial charge is 0.474 e. The van der Waals surface area contributed by atoms with Gasteiger partial charge in [-0.3, -0.25) is 0 Å². The minimum Gasteiger partial charge on any atom is -0.474 e. The molecule has 3 heterocycles. The first-order valence-electron chi connectivity index (χ1n) is 11.8. The van der Waals surface area contributed by atoms with Gasteiger partial charge >= 0.3 is 18.4 Å². The summed E-state index contributed by atoms with van der Waals surface area (Å²) in [5.41, 5.74) is -3.57. The molecule has 0 radical (unpaired) electrons. The van der Waals surface area contributed by atoms with Crippen LogP contribution in [0, 0.1) is 5.92 Å². The summed E-state index contributed by atoms with van der Waals surface area (Å²) >= 11 is 1.01. The Bertz CT molecular complexity index is 1030. The fourth-order valence-electron chi connectivity index (χ4n) is 4.30. The maximum atomic E-state index is 13.1. The molecule has 2 fully saturated rings. The molecule has 204 valence electrons. The zero-order valence-electron chi connectivity index (χ0n) is 19.7. The van der Waals surface area contributed by atoms with Crippen LogP contribution in [-0.2, 0) is 12.4 Å². The highest BCUT2D eigenvalue weighted by atomic mass is 32.1. The first kappa shape index (κ1) is 27.2. The molecule has 37 heavy (non-hydrogen) atoms. The Hall–Kier alpha value is -2.81. The molecule has 1 aromatic carbocycles. The van der Waals surface area contributed by atoms with Crippen LogP contribution in [0.1, 0.15) is 30.4 Å². The number of halogens is 6. The SMILES string of the molecule is O=C(Nc1cc(C(F)(F)F)cc(C(F)(F)F)c1)N1CCN(c2nsnc2OCCC2CCNCC2)CC1. The predicted octanol–water partition coefficient (Wildman–Crippen LogP) is 4.70. The molecule has 2 N–H and O–H groups in total. The molecule has 0 aliphatic carbocycles. The van der Waals surface area contributed by atoms with Crippen LogP contribution in [0.4, 0.5) is 42.6 Å². The van der Waals surface area contributed by atoms with Crippen molar-refractivity contribution in [2.24, 2.45) is 5.92 Å². The lowest BCUT2D eigenvalue weighted by Gasteiger charge is -2.34. The first-order valence-corrected chi connectivity index (χ1v) is 12.5. The summed E-state index contributed by atoms with van der Waals surface area (Å²) in [6.07, 6.45) is -6.87.